The third-order valence-corrected chi connectivity index (χ3v) is 4.49. The topological polar surface area (TPSA) is 12.9 Å². The molecule has 0 bridgehead atoms. The first-order valence-corrected chi connectivity index (χ1v) is 7.32. The summed E-state index contributed by atoms with van der Waals surface area (Å²) in [6.45, 7) is 0. The summed E-state index contributed by atoms with van der Waals surface area (Å²) in [5.74, 6) is 0. The van der Waals surface area contributed by atoms with Crippen molar-refractivity contribution in [1.29, 1.82) is 0 Å². The molecule has 0 unspecified atom stereocenters. The maximum atomic E-state index is 6.13. The Morgan fingerprint density at radius 3 is 2.71 bits per heavy atom. The highest BCUT2D eigenvalue weighted by atomic mass is 127. The van der Waals surface area contributed by atoms with Gasteiger partial charge in [0.1, 0.15) is 10.5 Å². The maximum absolute atomic E-state index is 6.13. The molecule has 0 fully saturated rings. The number of hydrogen-bond donors (Lipinski definition) is 0. The van der Waals surface area contributed by atoms with Gasteiger partial charge < -0.3 is 0 Å². The molecule has 1 nitrogen and oxygen atoms in total. The largest absolute Gasteiger partial charge is 0.234 e. The molecule has 84 valence electrons. The van der Waals surface area contributed by atoms with E-state index in [1.807, 2.05) is 18.2 Å². The quantitative estimate of drug-likeness (QED) is 0.534. The fourth-order valence-electron chi connectivity index (χ4n) is 1.66. The van der Waals surface area contributed by atoms with Gasteiger partial charge >= 0.3 is 0 Å². The molecule has 0 N–H and O–H groups in total. The van der Waals surface area contributed by atoms with Gasteiger partial charge in [-0.15, -0.1) is 11.3 Å². The summed E-state index contributed by atoms with van der Waals surface area (Å²) in [4.78, 5) is 4.61. The van der Waals surface area contributed by atoms with Gasteiger partial charge in [-0.3, -0.25) is 0 Å². The summed E-state index contributed by atoms with van der Waals surface area (Å²) < 4.78 is 2.34. The Hall–Kier alpha value is -0.650. The van der Waals surface area contributed by atoms with Gasteiger partial charge in [0.05, 0.1) is 9.72 Å². The van der Waals surface area contributed by atoms with Gasteiger partial charge in [-0.1, -0.05) is 29.8 Å². The van der Waals surface area contributed by atoms with E-state index in [9.17, 15) is 0 Å². The molecule has 0 amide bonds. The van der Waals surface area contributed by atoms with Crippen molar-refractivity contribution in [2.45, 2.75) is 0 Å². The van der Waals surface area contributed by atoms with Crippen molar-refractivity contribution in [2.75, 3.05) is 0 Å². The van der Waals surface area contributed by atoms with Crippen LogP contribution in [0.1, 0.15) is 0 Å². The molecule has 3 rings (SSSR count). The van der Waals surface area contributed by atoms with Crippen LogP contribution < -0.4 is 0 Å². The highest BCUT2D eigenvalue weighted by molar-refractivity contribution is 14.1. The smallest absolute Gasteiger partial charge is 0.124 e. The van der Waals surface area contributed by atoms with Crippen LogP contribution in [0.4, 0.5) is 0 Å². The zero-order valence-corrected chi connectivity index (χ0v) is 12.4. The molecule has 0 atom stereocenters. The molecule has 17 heavy (non-hydrogen) atoms. The molecule has 0 saturated carbocycles. The van der Waals surface area contributed by atoms with Crippen LogP contribution in [0.5, 0.6) is 0 Å². The minimum atomic E-state index is 0.718. The van der Waals surface area contributed by atoms with Crippen LogP contribution >= 0.6 is 45.5 Å². The van der Waals surface area contributed by atoms with Crippen LogP contribution in [-0.2, 0) is 0 Å². The highest BCUT2D eigenvalue weighted by Crippen LogP contribution is 2.33. The molecule has 1 aromatic heterocycles. The number of benzene rings is 2. The lowest BCUT2D eigenvalue weighted by Gasteiger charge is -1.95. The van der Waals surface area contributed by atoms with Crippen LogP contribution in [0.25, 0.3) is 20.8 Å². The lowest BCUT2D eigenvalue weighted by atomic mass is 10.2. The number of fused-ring (bicyclic) bond motifs is 1. The van der Waals surface area contributed by atoms with Crippen LogP contribution in [-0.4, -0.2) is 4.98 Å². The summed E-state index contributed by atoms with van der Waals surface area (Å²) >= 11 is 10.1. The monoisotopic (exact) mass is 371 g/mol. The second-order valence-corrected chi connectivity index (χ2v) is 6.30. The second kappa shape index (κ2) is 4.55. The molecule has 0 aliphatic carbocycles. The van der Waals surface area contributed by atoms with Crippen LogP contribution in [0.3, 0.4) is 0 Å². The van der Waals surface area contributed by atoms with Crippen molar-refractivity contribution < 1.29 is 0 Å². The average molecular weight is 372 g/mol. The summed E-state index contributed by atoms with van der Waals surface area (Å²) in [6, 6.07) is 14.2. The molecule has 0 spiro atoms. The van der Waals surface area contributed by atoms with Gasteiger partial charge in [0, 0.05) is 9.13 Å². The first-order valence-electron chi connectivity index (χ1n) is 5.05. The fourth-order valence-corrected chi connectivity index (χ4v) is 3.46. The van der Waals surface area contributed by atoms with Crippen molar-refractivity contribution in [3.8, 4) is 10.6 Å². The van der Waals surface area contributed by atoms with Crippen molar-refractivity contribution in [3.63, 3.8) is 0 Å². The summed E-state index contributed by atoms with van der Waals surface area (Å²) in [5, 5.41) is 1.74. The van der Waals surface area contributed by atoms with Gasteiger partial charge in [0.25, 0.3) is 0 Å². The number of para-hydroxylation sites is 1. The van der Waals surface area contributed by atoms with Gasteiger partial charge in [-0.2, -0.15) is 0 Å². The number of nitrogens with zero attached hydrogens (tertiary/aromatic N) is 1. The Balaban J connectivity index is 2.22. The van der Waals surface area contributed by atoms with E-state index in [2.05, 4.69) is 51.8 Å². The van der Waals surface area contributed by atoms with Crippen molar-refractivity contribution in [3.05, 3.63) is 51.1 Å². The first-order chi connectivity index (χ1) is 8.24. The van der Waals surface area contributed by atoms with Crippen LogP contribution in [0, 0.1) is 3.57 Å². The van der Waals surface area contributed by atoms with E-state index in [4.69, 9.17) is 11.6 Å². The Bertz CT molecular complexity index is 693. The summed E-state index contributed by atoms with van der Waals surface area (Å²) in [5.41, 5.74) is 2.04. The molecule has 0 saturated heterocycles. The van der Waals surface area contributed by atoms with E-state index in [0.717, 1.165) is 25.8 Å². The fraction of sp³-hybridized carbons (Fsp3) is 0. The van der Waals surface area contributed by atoms with E-state index < -0.39 is 0 Å². The number of aromatic nitrogens is 1. The maximum Gasteiger partial charge on any atom is 0.124 e. The number of hydrogen-bond acceptors (Lipinski definition) is 2. The lowest BCUT2D eigenvalue weighted by molar-refractivity contribution is 1.47. The molecule has 1 heterocycles. The molecule has 2 aromatic carbocycles. The molecule has 0 aliphatic rings. The number of halogens is 2. The number of rotatable bonds is 1. The minimum absolute atomic E-state index is 0.718. The molecular formula is C13H7ClINS. The molecule has 4 heteroatoms. The zero-order valence-electron chi connectivity index (χ0n) is 8.65. The molecule has 0 radical (unpaired) electrons. The van der Waals surface area contributed by atoms with Gasteiger partial charge in [-0.05, 0) is 46.9 Å². The Morgan fingerprint density at radius 2 is 1.94 bits per heavy atom. The van der Waals surface area contributed by atoms with Crippen LogP contribution in [0.2, 0.25) is 5.02 Å². The third-order valence-electron chi connectivity index (χ3n) is 2.44. The van der Waals surface area contributed by atoms with E-state index in [-0.39, 0.29) is 0 Å². The number of thiazole rings is 1. The standard InChI is InChI=1S/C13H7ClINS/c14-10-5-2-6-11-12(10)16-13(17-11)8-3-1-4-9(15)7-8/h1-7H. The molecule has 3 aromatic rings. The SMILES string of the molecule is Clc1cccc2sc(-c3cccc(I)c3)nc12. The van der Waals surface area contributed by atoms with Gasteiger partial charge in [0.2, 0.25) is 0 Å². The van der Waals surface area contributed by atoms with E-state index in [1.165, 1.54) is 3.57 Å². The Labute approximate surface area is 122 Å². The minimum Gasteiger partial charge on any atom is -0.234 e. The van der Waals surface area contributed by atoms with Gasteiger partial charge in [-0.25, -0.2) is 4.98 Å². The summed E-state index contributed by atoms with van der Waals surface area (Å²) in [7, 11) is 0. The Morgan fingerprint density at radius 1 is 1.12 bits per heavy atom. The third kappa shape index (κ3) is 2.19. The second-order valence-electron chi connectivity index (χ2n) is 3.62. The van der Waals surface area contributed by atoms with Crippen molar-refractivity contribution in [2.24, 2.45) is 0 Å². The zero-order chi connectivity index (χ0) is 11.8. The van der Waals surface area contributed by atoms with Crippen LogP contribution in [0.15, 0.2) is 42.5 Å². The van der Waals surface area contributed by atoms with Crippen molar-refractivity contribution in [1.82, 2.24) is 4.98 Å². The molecular weight excluding hydrogens is 365 g/mol. The Kier molecular flexibility index (Phi) is 3.06. The van der Waals surface area contributed by atoms with E-state index >= 15 is 0 Å². The van der Waals surface area contributed by atoms with E-state index in [0.29, 0.717) is 0 Å². The first kappa shape index (κ1) is 11.4. The highest BCUT2D eigenvalue weighted by Gasteiger charge is 2.08. The van der Waals surface area contributed by atoms with Gasteiger partial charge in [0.15, 0.2) is 0 Å². The predicted octanol–water partition coefficient (Wildman–Crippen LogP) is 5.22. The normalized spacial score (nSPS) is 10.9. The van der Waals surface area contributed by atoms with Crippen molar-refractivity contribution >= 4 is 55.7 Å². The average Bonchev–Trinajstić information content (AvgIpc) is 2.74. The summed E-state index contributed by atoms with van der Waals surface area (Å²) in [6.07, 6.45) is 0. The predicted molar refractivity (Wildman–Crippen MR) is 82.8 cm³/mol. The molecule has 0 aliphatic heterocycles. The lowest BCUT2D eigenvalue weighted by Crippen LogP contribution is -1.77. The van der Waals surface area contributed by atoms with E-state index in [1.54, 1.807) is 11.3 Å².